The van der Waals surface area contributed by atoms with Gasteiger partial charge < -0.3 is 4.79 Å². The van der Waals surface area contributed by atoms with Crippen LogP contribution in [0.15, 0.2) is 72.8 Å². The first kappa shape index (κ1) is 15.3. The Morgan fingerprint density at radius 3 is 2.40 bits per heavy atom. The number of carbonyl (C=O) groups excluding carboxylic acids is 1. The Labute approximate surface area is 144 Å². The summed E-state index contributed by atoms with van der Waals surface area (Å²) in [5, 5.41) is 8.26. The molecular weight excluding hydrogens is 315 g/mol. The van der Waals surface area contributed by atoms with Crippen LogP contribution in [-0.2, 0) is 4.79 Å². The third-order valence-electron chi connectivity index (χ3n) is 4.36. The molecule has 0 aliphatic heterocycles. The van der Waals surface area contributed by atoms with E-state index in [-0.39, 0.29) is 11.7 Å². The first-order valence-corrected chi connectivity index (χ1v) is 8.00. The summed E-state index contributed by atoms with van der Waals surface area (Å²) in [6.45, 7) is 0. The summed E-state index contributed by atoms with van der Waals surface area (Å²) < 4.78 is 13.2. The largest absolute Gasteiger partial charge is 0.302 e. The van der Waals surface area contributed by atoms with E-state index < -0.39 is 0 Å². The molecule has 0 radical (unpaired) electrons. The zero-order valence-electron chi connectivity index (χ0n) is 13.3. The highest BCUT2D eigenvalue weighted by atomic mass is 19.1. The van der Waals surface area contributed by atoms with Gasteiger partial charge in [-0.2, -0.15) is 5.10 Å². The van der Waals surface area contributed by atoms with E-state index in [1.54, 1.807) is 12.1 Å². The van der Waals surface area contributed by atoms with Crippen molar-refractivity contribution >= 4 is 17.2 Å². The molecule has 3 nitrogen and oxygen atoms in total. The van der Waals surface area contributed by atoms with Crippen molar-refractivity contribution in [1.29, 1.82) is 0 Å². The van der Waals surface area contributed by atoms with Crippen LogP contribution < -0.4 is 0 Å². The summed E-state index contributed by atoms with van der Waals surface area (Å²) >= 11 is 0. The molecule has 1 unspecified atom stereocenters. The van der Waals surface area contributed by atoms with E-state index in [4.69, 9.17) is 0 Å². The average molecular weight is 330 g/mol. The summed E-state index contributed by atoms with van der Waals surface area (Å²) in [4.78, 5) is 11.7. The zero-order valence-corrected chi connectivity index (χ0v) is 13.3. The van der Waals surface area contributed by atoms with Crippen molar-refractivity contribution in [3.8, 4) is 11.3 Å². The first-order chi connectivity index (χ1) is 12.3. The highest BCUT2D eigenvalue weighted by Gasteiger charge is 2.16. The quantitative estimate of drug-likeness (QED) is 0.551. The molecular formula is C21H15FN2O. The second kappa shape index (κ2) is 6.32. The zero-order chi connectivity index (χ0) is 17.2. The third-order valence-corrected chi connectivity index (χ3v) is 4.36. The molecule has 0 fully saturated rings. The molecule has 0 bridgehead atoms. The van der Waals surface area contributed by atoms with Gasteiger partial charge in [0.25, 0.3) is 0 Å². The standard InChI is InChI=1S/C21H15FN2O/c22-17-9-6-15(7-10-17)21-18-12-16(8-11-20(18)23-24-21)19(13-25)14-4-2-1-3-5-14/h1-13,19H,(H,23,24). The molecule has 1 atom stereocenters. The average Bonchev–Trinajstić information content (AvgIpc) is 3.07. The predicted molar refractivity (Wildman–Crippen MR) is 95.8 cm³/mol. The van der Waals surface area contributed by atoms with E-state index >= 15 is 0 Å². The third kappa shape index (κ3) is 2.83. The summed E-state index contributed by atoms with van der Waals surface area (Å²) in [7, 11) is 0. The maximum absolute atomic E-state index is 13.2. The van der Waals surface area contributed by atoms with Crippen molar-refractivity contribution in [3.63, 3.8) is 0 Å². The molecule has 1 heterocycles. The highest BCUT2D eigenvalue weighted by molar-refractivity contribution is 5.94. The fraction of sp³-hybridized carbons (Fsp3) is 0.0476. The number of aromatic amines is 1. The van der Waals surface area contributed by atoms with Gasteiger partial charge in [-0.25, -0.2) is 4.39 Å². The van der Waals surface area contributed by atoms with Crippen LogP contribution in [0.25, 0.3) is 22.2 Å². The van der Waals surface area contributed by atoms with Crippen LogP contribution in [0, 0.1) is 5.82 Å². The minimum absolute atomic E-state index is 0.283. The Balaban J connectivity index is 1.83. The van der Waals surface area contributed by atoms with Crippen molar-refractivity contribution < 1.29 is 9.18 Å². The number of nitrogens with one attached hydrogen (secondary N) is 1. The number of rotatable bonds is 4. The van der Waals surface area contributed by atoms with Crippen molar-refractivity contribution in [1.82, 2.24) is 10.2 Å². The number of H-pyrrole nitrogens is 1. The smallest absolute Gasteiger partial charge is 0.131 e. The van der Waals surface area contributed by atoms with E-state index in [9.17, 15) is 9.18 Å². The number of aldehydes is 1. The minimum Gasteiger partial charge on any atom is -0.302 e. The maximum atomic E-state index is 13.2. The Morgan fingerprint density at radius 2 is 1.68 bits per heavy atom. The summed E-state index contributed by atoms with van der Waals surface area (Å²) in [5.41, 5.74) is 4.30. The normalized spacial score (nSPS) is 12.2. The molecule has 0 aliphatic rings. The number of nitrogens with zero attached hydrogens (tertiary/aromatic N) is 1. The highest BCUT2D eigenvalue weighted by Crippen LogP contribution is 2.31. The lowest BCUT2D eigenvalue weighted by Gasteiger charge is -2.11. The van der Waals surface area contributed by atoms with Gasteiger partial charge in [0.05, 0.1) is 17.1 Å². The van der Waals surface area contributed by atoms with E-state index in [0.717, 1.165) is 39.6 Å². The number of benzene rings is 3. The van der Waals surface area contributed by atoms with Gasteiger partial charge in [-0.15, -0.1) is 0 Å². The van der Waals surface area contributed by atoms with E-state index in [1.807, 2.05) is 48.5 Å². The lowest BCUT2D eigenvalue weighted by molar-refractivity contribution is -0.108. The number of aromatic nitrogens is 2. The molecule has 0 saturated carbocycles. The maximum Gasteiger partial charge on any atom is 0.131 e. The molecule has 0 spiro atoms. The van der Waals surface area contributed by atoms with Crippen LogP contribution in [-0.4, -0.2) is 16.5 Å². The molecule has 0 amide bonds. The minimum atomic E-state index is -0.332. The Bertz CT molecular complexity index is 1020. The number of carbonyl (C=O) groups is 1. The second-order valence-corrected chi connectivity index (χ2v) is 5.91. The van der Waals surface area contributed by atoms with Gasteiger partial charge in [0.1, 0.15) is 12.1 Å². The second-order valence-electron chi connectivity index (χ2n) is 5.91. The molecule has 1 N–H and O–H groups in total. The fourth-order valence-electron chi connectivity index (χ4n) is 3.06. The van der Waals surface area contributed by atoms with Crippen molar-refractivity contribution in [2.75, 3.05) is 0 Å². The topological polar surface area (TPSA) is 45.8 Å². The number of hydrogen-bond donors (Lipinski definition) is 1. The Kier molecular flexibility index (Phi) is 3.86. The molecule has 1 aromatic heterocycles. The van der Waals surface area contributed by atoms with Crippen LogP contribution in [0.2, 0.25) is 0 Å². The van der Waals surface area contributed by atoms with Crippen LogP contribution >= 0.6 is 0 Å². The molecule has 0 aliphatic carbocycles. The number of halogens is 1. The van der Waals surface area contributed by atoms with Crippen molar-refractivity contribution in [2.24, 2.45) is 0 Å². The number of fused-ring (bicyclic) bond motifs is 1. The number of hydrogen-bond acceptors (Lipinski definition) is 2. The molecule has 122 valence electrons. The van der Waals surface area contributed by atoms with Crippen molar-refractivity contribution in [2.45, 2.75) is 5.92 Å². The van der Waals surface area contributed by atoms with Gasteiger partial charge in [0.2, 0.25) is 0 Å². The van der Waals surface area contributed by atoms with E-state index in [0.29, 0.717) is 0 Å². The van der Waals surface area contributed by atoms with E-state index in [2.05, 4.69) is 10.2 Å². The SMILES string of the molecule is O=CC(c1ccccc1)c1ccc2[nH]nc(-c3ccc(F)cc3)c2c1. The van der Waals surface area contributed by atoms with Gasteiger partial charge in [-0.3, -0.25) is 5.10 Å². The molecule has 25 heavy (non-hydrogen) atoms. The van der Waals surface area contributed by atoms with Crippen LogP contribution in [0.1, 0.15) is 17.0 Å². The van der Waals surface area contributed by atoms with Crippen LogP contribution in [0.4, 0.5) is 4.39 Å². The van der Waals surface area contributed by atoms with Crippen LogP contribution in [0.5, 0.6) is 0 Å². The lowest BCUT2D eigenvalue weighted by atomic mass is 9.91. The van der Waals surface area contributed by atoms with Gasteiger partial charge in [-0.05, 0) is 47.5 Å². The molecule has 4 rings (SSSR count). The van der Waals surface area contributed by atoms with E-state index in [1.165, 1.54) is 12.1 Å². The molecule has 4 heteroatoms. The monoisotopic (exact) mass is 330 g/mol. The van der Waals surface area contributed by atoms with Crippen LogP contribution in [0.3, 0.4) is 0 Å². The van der Waals surface area contributed by atoms with Gasteiger partial charge in [0, 0.05) is 10.9 Å². The summed E-state index contributed by atoms with van der Waals surface area (Å²) in [6, 6.07) is 21.7. The van der Waals surface area contributed by atoms with Crippen molar-refractivity contribution in [3.05, 3.63) is 89.7 Å². The Morgan fingerprint density at radius 1 is 0.920 bits per heavy atom. The van der Waals surface area contributed by atoms with Gasteiger partial charge in [0.15, 0.2) is 0 Å². The van der Waals surface area contributed by atoms with Gasteiger partial charge in [-0.1, -0.05) is 36.4 Å². The molecule has 3 aromatic carbocycles. The Hall–Kier alpha value is -3.27. The fourth-order valence-corrected chi connectivity index (χ4v) is 3.06. The lowest BCUT2D eigenvalue weighted by Crippen LogP contribution is -2.02. The predicted octanol–water partition coefficient (Wildman–Crippen LogP) is 4.70. The first-order valence-electron chi connectivity index (χ1n) is 8.00. The summed E-state index contributed by atoms with van der Waals surface area (Å²) in [5.74, 6) is -0.615. The summed E-state index contributed by atoms with van der Waals surface area (Å²) in [6.07, 6.45) is 0.953. The molecule has 0 saturated heterocycles. The molecule has 4 aromatic rings. The van der Waals surface area contributed by atoms with Gasteiger partial charge >= 0.3 is 0 Å².